The molecule has 4 nitrogen and oxygen atoms in total. The molecule has 0 heterocycles. The molecule has 1 amide bonds. The molecule has 0 aliphatic heterocycles. The van der Waals surface area contributed by atoms with Crippen molar-refractivity contribution in [1.82, 2.24) is 5.32 Å². The minimum atomic E-state index is -3.79. The van der Waals surface area contributed by atoms with Crippen molar-refractivity contribution in [3.63, 3.8) is 0 Å². The van der Waals surface area contributed by atoms with Gasteiger partial charge in [-0.25, -0.2) is 8.42 Å². The van der Waals surface area contributed by atoms with Crippen molar-refractivity contribution in [2.24, 2.45) is 0 Å². The molecular formula is C24H29NO3S. The van der Waals surface area contributed by atoms with E-state index < -0.39 is 14.6 Å². The summed E-state index contributed by atoms with van der Waals surface area (Å²) in [4.78, 5) is 13.9. The monoisotopic (exact) mass is 411 g/mol. The number of nitrogens with one attached hydrogen (secondary N) is 1. The minimum absolute atomic E-state index is 0.112. The highest BCUT2D eigenvalue weighted by atomic mass is 32.2. The molecule has 29 heavy (non-hydrogen) atoms. The molecule has 1 atom stereocenters. The summed E-state index contributed by atoms with van der Waals surface area (Å²) < 4.78 is 26.2. The Morgan fingerprint density at radius 2 is 1.76 bits per heavy atom. The van der Waals surface area contributed by atoms with Gasteiger partial charge >= 0.3 is 0 Å². The van der Waals surface area contributed by atoms with E-state index in [1.165, 1.54) is 5.56 Å². The van der Waals surface area contributed by atoms with E-state index in [2.05, 4.69) is 17.4 Å². The molecule has 1 saturated carbocycles. The third-order valence-corrected chi connectivity index (χ3v) is 9.29. The van der Waals surface area contributed by atoms with Gasteiger partial charge in [-0.15, -0.1) is 0 Å². The smallest absolute Gasteiger partial charge is 0.242 e. The summed E-state index contributed by atoms with van der Waals surface area (Å²) in [6.07, 6.45) is 5.17. The van der Waals surface area contributed by atoms with E-state index in [1.807, 2.05) is 38.1 Å². The van der Waals surface area contributed by atoms with Gasteiger partial charge in [0.1, 0.15) is 0 Å². The molecule has 2 aromatic rings. The quantitative estimate of drug-likeness (QED) is 0.801. The lowest BCUT2D eigenvalue weighted by molar-refractivity contribution is -0.124. The van der Waals surface area contributed by atoms with Crippen LogP contribution in [-0.4, -0.2) is 19.1 Å². The van der Waals surface area contributed by atoms with Gasteiger partial charge in [-0.1, -0.05) is 49.2 Å². The van der Waals surface area contributed by atoms with E-state index >= 15 is 0 Å². The molecule has 2 aliphatic carbocycles. The zero-order chi connectivity index (χ0) is 20.6. The predicted molar refractivity (Wildman–Crippen MR) is 115 cm³/mol. The van der Waals surface area contributed by atoms with E-state index in [4.69, 9.17) is 0 Å². The highest BCUT2D eigenvalue weighted by Crippen LogP contribution is 2.42. The largest absolute Gasteiger partial charge is 0.348 e. The number of benzene rings is 2. The van der Waals surface area contributed by atoms with Crippen LogP contribution in [0.3, 0.4) is 0 Å². The first-order valence-corrected chi connectivity index (χ1v) is 12.0. The number of hydrogen-bond donors (Lipinski definition) is 1. The van der Waals surface area contributed by atoms with Crippen molar-refractivity contribution < 1.29 is 13.2 Å². The second kappa shape index (κ2) is 7.60. The first-order valence-electron chi connectivity index (χ1n) is 10.6. The highest BCUT2D eigenvalue weighted by Gasteiger charge is 2.53. The molecule has 5 heteroatoms. The zero-order valence-electron chi connectivity index (χ0n) is 17.2. The van der Waals surface area contributed by atoms with Gasteiger partial charge < -0.3 is 5.32 Å². The van der Waals surface area contributed by atoms with E-state index in [0.29, 0.717) is 23.3 Å². The molecule has 0 bridgehead atoms. The molecule has 2 aromatic carbocycles. The molecule has 0 saturated heterocycles. The molecule has 1 fully saturated rings. The van der Waals surface area contributed by atoms with E-state index in [9.17, 15) is 13.2 Å². The van der Waals surface area contributed by atoms with Crippen LogP contribution in [-0.2, 0) is 21.1 Å². The average molecular weight is 412 g/mol. The van der Waals surface area contributed by atoms with Crippen molar-refractivity contribution in [3.05, 3.63) is 64.7 Å². The summed E-state index contributed by atoms with van der Waals surface area (Å²) >= 11 is 0. The van der Waals surface area contributed by atoms with E-state index in [-0.39, 0.29) is 11.9 Å². The summed E-state index contributed by atoms with van der Waals surface area (Å²) in [5.74, 6) is -0.322. The second-order valence-corrected chi connectivity index (χ2v) is 10.8. The van der Waals surface area contributed by atoms with Gasteiger partial charge in [0.15, 0.2) is 14.6 Å². The summed E-state index contributed by atoms with van der Waals surface area (Å²) in [5.41, 5.74) is 3.98. The van der Waals surface area contributed by atoms with Crippen molar-refractivity contribution in [2.45, 2.75) is 74.5 Å². The van der Waals surface area contributed by atoms with Gasteiger partial charge in [-0.05, 0) is 74.3 Å². The molecule has 2 aliphatic rings. The Kier molecular flexibility index (Phi) is 5.28. The fourth-order valence-corrected chi connectivity index (χ4v) is 7.35. The van der Waals surface area contributed by atoms with Crippen LogP contribution < -0.4 is 5.32 Å². The molecule has 154 valence electrons. The van der Waals surface area contributed by atoms with Crippen LogP contribution >= 0.6 is 0 Å². The Morgan fingerprint density at radius 3 is 2.52 bits per heavy atom. The summed E-state index contributed by atoms with van der Waals surface area (Å²) in [6.45, 7) is 3.70. The number of fused-ring (bicyclic) bond motifs is 1. The van der Waals surface area contributed by atoms with Crippen LogP contribution in [0.2, 0.25) is 0 Å². The van der Waals surface area contributed by atoms with Crippen LogP contribution in [0.5, 0.6) is 0 Å². The van der Waals surface area contributed by atoms with Crippen molar-refractivity contribution in [2.75, 3.05) is 0 Å². The maximum absolute atomic E-state index is 13.8. The van der Waals surface area contributed by atoms with Gasteiger partial charge in [0.25, 0.3) is 0 Å². The van der Waals surface area contributed by atoms with Crippen LogP contribution in [0.25, 0.3) is 0 Å². The number of aryl methyl sites for hydroxylation is 3. The van der Waals surface area contributed by atoms with Crippen LogP contribution in [0.4, 0.5) is 0 Å². The molecule has 0 radical (unpaired) electrons. The van der Waals surface area contributed by atoms with Crippen LogP contribution in [0.1, 0.15) is 66.8 Å². The number of carbonyl (C=O) groups excluding carboxylic acids is 1. The van der Waals surface area contributed by atoms with Gasteiger partial charge in [-0.3, -0.25) is 4.79 Å². The molecule has 1 N–H and O–H groups in total. The lowest BCUT2D eigenvalue weighted by Crippen LogP contribution is -2.51. The number of hydrogen-bond acceptors (Lipinski definition) is 3. The van der Waals surface area contributed by atoms with Crippen molar-refractivity contribution in [1.29, 1.82) is 0 Å². The molecular weight excluding hydrogens is 382 g/mol. The predicted octanol–water partition coefficient (Wildman–Crippen LogP) is 4.58. The Bertz CT molecular complexity index is 1040. The first-order chi connectivity index (χ1) is 13.8. The maximum atomic E-state index is 13.8. The summed E-state index contributed by atoms with van der Waals surface area (Å²) in [5, 5.41) is 3.15. The lowest BCUT2D eigenvalue weighted by atomic mass is 9.87. The van der Waals surface area contributed by atoms with Gasteiger partial charge in [0, 0.05) is 0 Å². The van der Waals surface area contributed by atoms with Crippen LogP contribution in [0, 0.1) is 13.8 Å². The SMILES string of the molecule is Cc1ccc(C)c(S(=O)(=O)C2(C(=O)NC3CCCc4ccccc43)CCCC2)c1. The Labute approximate surface area is 173 Å². The number of carbonyl (C=O) groups is 1. The topological polar surface area (TPSA) is 63.2 Å². The van der Waals surface area contributed by atoms with Crippen molar-refractivity contribution >= 4 is 15.7 Å². The zero-order valence-corrected chi connectivity index (χ0v) is 18.0. The molecule has 4 rings (SSSR count). The Hall–Kier alpha value is -2.14. The highest BCUT2D eigenvalue weighted by molar-refractivity contribution is 7.93. The number of sulfone groups is 1. The normalized spacial score (nSPS) is 20.8. The molecule has 1 unspecified atom stereocenters. The third-order valence-electron chi connectivity index (χ3n) is 6.65. The fraction of sp³-hybridized carbons (Fsp3) is 0.458. The standard InChI is InChI=1S/C24H29NO3S/c1-17-12-13-18(2)22(16-17)29(27,28)24(14-5-6-15-24)23(26)25-21-11-7-9-19-8-3-4-10-20(19)21/h3-4,8,10,12-13,16,21H,5-7,9,11,14-15H2,1-2H3,(H,25,26). The molecule has 0 aromatic heterocycles. The van der Waals surface area contributed by atoms with Crippen molar-refractivity contribution in [3.8, 4) is 0 Å². The number of rotatable bonds is 4. The van der Waals surface area contributed by atoms with Gasteiger partial charge in [0.2, 0.25) is 5.91 Å². The molecule has 0 spiro atoms. The Morgan fingerprint density at radius 1 is 1.03 bits per heavy atom. The van der Waals surface area contributed by atoms with E-state index in [0.717, 1.165) is 43.2 Å². The summed E-state index contributed by atoms with van der Waals surface area (Å²) in [6, 6.07) is 13.5. The minimum Gasteiger partial charge on any atom is -0.348 e. The Balaban J connectivity index is 1.71. The number of amides is 1. The van der Waals surface area contributed by atoms with Gasteiger partial charge in [-0.2, -0.15) is 0 Å². The first kappa shape index (κ1) is 20.1. The maximum Gasteiger partial charge on any atom is 0.242 e. The fourth-order valence-electron chi connectivity index (χ4n) is 4.96. The summed E-state index contributed by atoms with van der Waals surface area (Å²) in [7, 11) is -3.79. The third kappa shape index (κ3) is 3.39. The van der Waals surface area contributed by atoms with Gasteiger partial charge in [0.05, 0.1) is 10.9 Å². The van der Waals surface area contributed by atoms with Crippen LogP contribution in [0.15, 0.2) is 47.4 Å². The average Bonchev–Trinajstić information content (AvgIpc) is 3.22. The van der Waals surface area contributed by atoms with E-state index in [1.54, 1.807) is 6.07 Å². The lowest BCUT2D eigenvalue weighted by Gasteiger charge is -2.33. The second-order valence-electron chi connectivity index (χ2n) is 8.59.